The van der Waals surface area contributed by atoms with Crippen LogP contribution >= 0.6 is 11.3 Å². The van der Waals surface area contributed by atoms with Gasteiger partial charge in [-0.2, -0.15) is 0 Å². The van der Waals surface area contributed by atoms with E-state index in [0.29, 0.717) is 12.5 Å². The third-order valence-corrected chi connectivity index (χ3v) is 5.25. The van der Waals surface area contributed by atoms with Crippen molar-refractivity contribution in [2.24, 2.45) is 0 Å². The van der Waals surface area contributed by atoms with Crippen molar-refractivity contribution in [3.63, 3.8) is 0 Å². The van der Waals surface area contributed by atoms with Gasteiger partial charge in [-0.1, -0.05) is 31.2 Å². The van der Waals surface area contributed by atoms with Crippen LogP contribution < -0.4 is 5.32 Å². The summed E-state index contributed by atoms with van der Waals surface area (Å²) in [6, 6.07) is 8.78. The molecule has 1 aromatic carbocycles. The highest BCUT2D eigenvalue weighted by Crippen LogP contribution is 2.40. The van der Waals surface area contributed by atoms with Crippen LogP contribution in [0.3, 0.4) is 0 Å². The minimum absolute atomic E-state index is 0.470. The molecule has 0 amide bonds. The second-order valence-corrected chi connectivity index (χ2v) is 6.54. The topological polar surface area (TPSA) is 34.2 Å². The van der Waals surface area contributed by atoms with Crippen molar-refractivity contribution >= 4 is 11.3 Å². The molecular formula is C17H22N2OS. The highest BCUT2D eigenvalue weighted by molar-refractivity contribution is 7.11. The maximum Gasteiger partial charge on any atom is 0.101 e. The third kappa shape index (κ3) is 3.03. The number of ether oxygens (including phenoxy) is 1. The van der Waals surface area contributed by atoms with E-state index in [-0.39, 0.29) is 0 Å². The van der Waals surface area contributed by atoms with Crippen molar-refractivity contribution < 1.29 is 4.74 Å². The van der Waals surface area contributed by atoms with Crippen LogP contribution in [0.2, 0.25) is 0 Å². The zero-order valence-corrected chi connectivity index (χ0v) is 13.5. The summed E-state index contributed by atoms with van der Waals surface area (Å²) in [4.78, 5) is 6.20. The van der Waals surface area contributed by atoms with Gasteiger partial charge in [-0.15, -0.1) is 11.3 Å². The van der Waals surface area contributed by atoms with Crippen LogP contribution in [0.25, 0.3) is 0 Å². The number of benzene rings is 1. The number of methoxy groups -OCH3 is 1. The Morgan fingerprint density at radius 2 is 2.24 bits per heavy atom. The SMILES string of the molecule is CCNCc1sc(C2CCc3ccccc32)nc1COC. The number of nitrogens with zero attached hydrogens (tertiary/aromatic N) is 1. The van der Waals surface area contributed by atoms with Gasteiger partial charge >= 0.3 is 0 Å². The molecule has 112 valence electrons. The number of aromatic nitrogens is 1. The van der Waals surface area contributed by atoms with Crippen molar-refractivity contribution in [2.45, 2.75) is 38.8 Å². The number of thiazole rings is 1. The lowest BCUT2D eigenvalue weighted by molar-refractivity contribution is 0.181. The van der Waals surface area contributed by atoms with E-state index < -0.39 is 0 Å². The quantitative estimate of drug-likeness (QED) is 0.887. The molecule has 1 aromatic heterocycles. The summed E-state index contributed by atoms with van der Waals surface area (Å²) in [7, 11) is 1.74. The van der Waals surface area contributed by atoms with Crippen LogP contribution in [0, 0.1) is 0 Å². The summed E-state index contributed by atoms with van der Waals surface area (Å²) in [5, 5.41) is 4.65. The lowest BCUT2D eigenvalue weighted by Crippen LogP contribution is -2.12. The van der Waals surface area contributed by atoms with Crippen LogP contribution in [-0.2, 0) is 24.3 Å². The molecule has 1 unspecified atom stereocenters. The van der Waals surface area contributed by atoms with E-state index >= 15 is 0 Å². The number of hydrogen-bond acceptors (Lipinski definition) is 4. The molecule has 21 heavy (non-hydrogen) atoms. The first-order chi connectivity index (χ1) is 10.3. The van der Waals surface area contributed by atoms with E-state index in [1.165, 1.54) is 33.9 Å². The Morgan fingerprint density at radius 3 is 3.05 bits per heavy atom. The Hall–Kier alpha value is -1.23. The molecule has 0 fully saturated rings. The minimum Gasteiger partial charge on any atom is -0.378 e. The Labute approximate surface area is 130 Å². The normalized spacial score (nSPS) is 17.1. The molecule has 1 N–H and O–H groups in total. The number of fused-ring (bicyclic) bond motifs is 1. The summed E-state index contributed by atoms with van der Waals surface area (Å²) in [5.41, 5.74) is 4.05. The Morgan fingerprint density at radius 1 is 1.38 bits per heavy atom. The molecule has 0 saturated heterocycles. The smallest absolute Gasteiger partial charge is 0.101 e. The van der Waals surface area contributed by atoms with Crippen LogP contribution in [0.1, 0.15) is 46.0 Å². The number of aryl methyl sites for hydroxylation is 1. The van der Waals surface area contributed by atoms with Gasteiger partial charge in [-0.3, -0.25) is 0 Å². The molecule has 0 saturated carbocycles. The van der Waals surface area contributed by atoms with Crippen molar-refractivity contribution in [3.8, 4) is 0 Å². The summed E-state index contributed by atoms with van der Waals surface area (Å²) < 4.78 is 5.31. The highest BCUT2D eigenvalue weighted by atomic mass is 32.1. The first-order valence-corrected chi connectivity index (χ1v) is 8.41. The molecule has 3 nitrogen and oxygen atoms in total. The summed E-state index contributed by atoms with van der Waals surface area (Å²) >= 11 is 1.85. The molecule has 1 atom stereocenters. The fraction of sp³-hybridized carbons (Fsp3) is 0.471. The maximum absolute atomic E-state index is 5.31. The predicted octanol–water partition coefficient (Wildman–Crippen LogP) is 3.48. The third-order valence-electron chi connectivity index (χ3n) is 4.04. The van der Waals surface area contributed by atoms with Crippen molar-refractivity contribution in [2.75, 3.05) is 13.7 Å². The zero-order valence-electron chi connectivity index (χ0n) is 12.7. The van der Waals surface area contributed by atoms with E-state index in [1.54, 1.807) is 7.11 Å². The molecule has 2 aromatic rings. The highest BCUT2D eigenvalue weighted by Gasteiger charge is 2.27. The fourth-order valence-electron chi connectivity index (χ4n) is 2.99. The second kappa shape index (κ2) is 6.69. The molecule has 0 spiro atoms. The average Bonchev–Trinajstić information content (AvgIpc) is 3.09. The summed E-state index contributed by atoms with van der Waals surface area (Å²) in [5.74, 6) is 0.470. The van der Waals surface area contributed by atoms with Gasteiger partial charge in [0.05, 0.1) is 12.3 Å². The number of hydrogen-bond donors (Lipinski definition) is 1. The second-order valence-electron chi connectivity index (χ2n) is 5.43. The van der Waals surface area contributed by atoms with E-state index in [2.05, 4.69) is 36.5 Å². The van der Waals surface area contributed by atoms with Crippen molar-refractivity contribution in [1.29, 1.82) is 0 Å². The fourth-order valence-corrected chi connectivity index (χ4v) is 4.18. The zero-order chi connectivity index (χ0) is 14.7. The first-order valence-electron chi connectivity index (χ1n) is 7.59. The average molecular weight is 302 g/mol. The predicted molar refractivity (Wildman–Crippen MR) is 86.8 cm³/mol. The van der Waals surface area contributed by atoms with Crippen LogP contribution in [0.5, 0.6) is 0 Å². The number of nitrogens with one attached hydrogen (secondary N) is 1. The largest absolute Gasteiger partial charge is 0.378 e. The van der Waals surface area contributed by atoms with Crippen LogP contribution in [0.15, 0.2) is 24.3 Å². The standard InChI is InChI=1S/C17H22N2OS/c1-3-18-10-16-15(11-20-2)19-17(21-16)14-9-8-12-6-4-5-7-13(12)14/h4-7,14,18H,3,8-11H2,1-2H3. The minimum atomic E-state index is 0.470. The number of rotatable bonds is 6. The molecular weight excluding hydrogens is 280 g/mol. The Balaban J connectivity index is 1.89. The van der Waals surface area contributed by atoms with Crippen LogP contribution in [0.4, 0.5) is 0 Å². The van der Waals surface area contributed by atoms with Crippen molar-refractivity contribution in [1.82, 2.24) is 10.3 Å². The monoisotopic (exact) mass is 302 g/mol. The van der Waals surface area contributed by atoms with Crippen molar-refractivity contribution in [3.05, 3.63) is 51.0 Å². The molecule has 3 rings (SSSR count). The molecule has 4 heteroatoms. The van der Waals surface area contributed by atoms with Gasteiger partial charge < -0.3 is 10.1 Å². The molecule has 0 radical (unpaired) electrons. The summed E-state index contributed by atoms with van der Waals surface area (Å²) in [6.07, 6.45) is 2.35. The van der Waals surface area contributed by atoms with Gasteiger partial charge in [-0.25, -0.2) is 4.98 Å². The van der Waals surface area contributed by atoms with E-state index in [1.807, 2.05) is 11.3 Å². The van der Waals surface area contributed by atoms with E-state index in [9.17, 15) is 0 Å². The van der Waals surface area contributed by atoms with E-state index in [4.69, 9.17) is 9.72 Å². The lowest BCUT2D eigenvalue weighted by atomic mass is 10.0. The van der Waals surface area contributed by atoms with Gasteiger partial charge in [0.1, 0.15) is 5.01 Å². The van der Waals surface area contributed by atoms with Gasteiger partial charge in [-0.05, 0) is 30.5 Å². The molecule has 0 bridgehead atoms. The van der Waals surface area contributed by atoms with Gasteiger partial charge in [0.25, 0.3) is 0 Å². The molecule has 1 aliphatic rings. The molecule has 1 aliphatic carbocycles. The van der Waals surface area contributed by atoms with Gasteiger partial charge in [0.2, 0.25) is 0 Å². The molecule has 1 heterocycles. The maximum atomic E-state index is 5.31. The van der Waals surface area contributed by atoms with Gasteiger partial charge in [0, 0.05) is 24.4 Å². The molecule has 0 aliphatic heterocycles. The van der Waals surface area contributed by atoms with E-state index in [0.717, 1.165) is 18.8 Å². The van der Waals surface area contributed by atoms with Gasteiger partial charge in [0.15, 0.2) is 0 Å². The summed E-state index contributed by atoms with van der Waals surface area (Å²) in [6.45, 7) is 4.60. The first kappa shape index (κ1) is 14.7. The van der Waals surface area contributed by atoms with Crippen LogP contribution in [-0.4, -0.2) is 18.6 Å². The Kier molecular flexibility index (Phi) is 4.68. The lowest BCUT2D eigenvalue weighted by Gasteiger charge is -2.07. The Bertz CT molecular complexity index is 609.